The lowest BCUT2D eigenvalue weighted by atomic mass is 10.2. The number of hydrogen-bond donors (Lipinski definition) is 1. The second-order valence-corrected chi connectivity index (χ2v) is 7.29. The number of rotatable bonds is 5. The van der Waals surface area contributed by atoms with Gasteiger partial charge in [-0.05, 0) is 43.3 Å². The maximum atomic E-state index is 12.8. The smallest absolute Gasteiger partial charge is 0.227 e. The number of ether oxygens (including phenoxy) is 2. The molecule has 0 atom stereocenters. The second-order valence-electron chi connectivity index (χ2n) is 5.43. The van der Waals surface area contributed by atoms with Gasteiger partial charge < -0.3 is 14.6 Å². The van der Waals surface area contributed by atoms with Crippen molar-refractivity contribution in [3.8, 4) is 22.9 Å². The zero-order chi connectivity index (χ0) is 18.9. The molecule has 26 heavy (non-hydrogen) atoms. The molecule has 1 heterocycles. The summed E-state index contributed by atoms with van der Waals surface area (Å²) in [5.41, 5.74) is 0.827. The molecule has 1 N–H and O–H groups in total. The van der Waals surface area contributed by atoms with Crippen LogP contribution in [0.2, 0.25) is 0 Å². The van der Waals surface area contributed by atoms with Crippen LogP contribution in [0.5, 0.6) is 17.2 Å². The van der Waals surface area contributed by atoms with Gasteiger partial charge in [-0.2, -0.15) is 0 Å². The second kappa shape index (κ2) is 6.68. The van der Waals surface area contributed by atoms with E-state index in [-0.39, 0.29) is 15.7 Å². The molecule has 3 aromatic rings. The summed E-state index contributed by atoms with van der Waals surface area (Å²) in [6, 6.07) is 10.3. The van der Waals surface area contributed by atoms with Crippen molar-refractivity contribution in [1.29, 1.82) is 0 Å². The number of methoxy groups -OCH3 is 2. The van der Waals surface area contributed by atoms with E-state index in [9.17, 15) is 13.5 Å². The van der Waals surface area contributed by atoms with Gasteiger partial charge in [0.1, 0.15) is 22.9 Å². The van der Waals surface area contributed by atoms with Crippen LogP contribution >= 0.6 is 0 Å². The minimum Gasteiger partial charge on any atom is -0.508 e. The first-order valence-electron chi connectivity index (χ1n) is 7.57. The Balaban J connectivity index is 2.13. The van der Waals surface area contributed by atoms with Gasteiger partial charge in [0, 0.05) is 6.07 Å². The van der Waals surface area contributed by atoms with Crippen molar-refractivity contribution in [3.63, 3.8) is 0 Å². The van der Waals surface area contributed by atoms with Gasteiger partial charge in [0.25, 0.3) is 0 Å². The molecular formula is C17H17N3O5S. The van der Waals surface area contributed by atoms with Gasteiger partial charge in [0.2, 0.25) is 14.9 Å². The van der Waals surface area contributed by atoms with Crippen LogP contribution in [-0.2, 0) is 9.84 Å². The fourth-order valence-electron chi connectivity index (χ4n) is 2.49. The summed E-state index contributed by atoms with van der Waals surface area (Å²) >= 11 is 0. The summed E-state index contributed by atoms with van der Waals surface area (Å²) in [5, 5.41) is 17.0. The molecule has 0 amide bonds. The number of phenols is 1. The molecule has 8 nitrogen and oxygen atoms in total. The number of sulfone groups is 1. The first kappa shape index (κ1) is 17.7. The molecular weight excluding hydrogens is 358 g/mol. The molecule has 2 aromatic carbocycles. The zero-order valence-electron chi connectivity index (χ0n) is 14.4. The lowest BCUT2D eigenvalue weighted by molar-refractivity contribution is 0.400. The third kappa shape index (κ3) is 2.97. The normalized spacial score (nSPS) is 11.3. The number of aromatic nitrogens is 3. The standard InChI is InChI=1S/C17H17N3O5S/c1-11-17(26(22,23)14-7-4-12(21)5-8-14)18-19-20(11)15-10-13(24-2)6-9-16(15)25-3/h4-10,21H,1-3H3. The molecule has 0 aliphatic carbocycles. The average molecular weight is 375 g/mol. The van der Waals surface area contributed by atoms with Crippen LogP contribution in [0.3, 0.4) is 0 Å². The highest BCUT2D eigenvalue weighted by atomic mass is 32.2. The van der Waals surface area contributed by atoms with Crippen molar-refractivity contribution in [2.75, 3.05) is 14.2 Å². The van der Waals surface area contributed by atoms with Gasteiger partial charge in [0.15, 0.2) is 0 Å². The third-order valence-corrected chi connectivity index (χ3v) is 5.65. The molecule has 0 bridgehead atoms. The molecule has 0 aliphatic heterocycles. The summed E-state index contributed by atoms with van der Waals surface area (Å²) in [6.45, 7) is 1.60. The minimum atomic E-state index is -3.89. The van der Waals surface area contributed by atoms with Gasteiger partial charge >= 0.3 is 0 Å². The van der Waals surface area contributed by atoms with E-state index in [0.717, 1.165) is 0 Å². The van der Waals surface area contributed by atoms with Crippen LogP contribution in [-0.4, -0.2) is 42.7 Å². The first-order valence-corrected chi connectivity index (χ1v) is 9.05. The lowest BCUT2D eigenvalue weighted by Crippen LogP contribution is -2.06. The fraction of sp³-hybridized carbons (Fsp3) is 0.176. The Kier molecular flexibility index (Phi) is 4.56. The molecule has 0 fully saturated rings. The maximum absolute atomic E-state index is 12.8. The van der Waals surface area contributed by atoms with Gasteiger partial charge in [-0.25, -0.2) is 13.1 Å². The summed E-state index contributed by atoms with van der Waals surface area (Å²) < 4.78 is 37.6. The summed E-state index contributed by atoms with van der Waals surface area (Å²) in [4.78, 5) is 0.0167. The van der Waals surface area contributed by atoms with Crippen molar-refractivity contribution in [2.24, 2.45) is 0 Å². The molecule has 0 spiro atoms. The van der Waals surface area contributed by atoms with Crippen LogP contribution in [0.25, 0.3) is 5.69 Å². The lowest BCUT2D eigenvalue weighted by Gasteiger charge is -2.11. The van der Waals surface area contributed by atoms with Crippen molar-refractivity contribution < 1.29 is 23.0 Å². The maximum Gasteiger partial charge on any atom is 0.227 e. The molecule has 9 heteroatoms. The highest BCUT2D eigenvalue weighted by Gasteiger charge is 2.26. The molecule has 1 aromatic heterocycles. The minimum absolute atomic E-state index is 0.0167. The molecule has 136 valence electrons. The number of benzene rings is 2. The molecule has 0 unspecified atom stereocenters. The van der Waals surface area contributed by atoms with E-state index >= 15 is 0 Å². The van der Waals surface area contributed by atoms with Gasteiger partial charge in [0.05, 0.1) is 24.8 Å². The van der Waals surface area contributed by atoms with E-state index in [0.29, 0.717) is 22.9 Å². The molecule has 0 radical (unpaired) electrons. The number of aromatic hydroxyl groups is 1. The van der Waals surface area contributed by atoms with Crippen LogP contribution in [0.1, 0.15) is 5.69 Å². The summed E-state index contributed by atoms with van der Waals surface area (Å²) in [7, 11) is -0.853. The molecule has 0 saturated heterocycles. The van der Waals surface area contributed by atoms with E-state index in [4.69, 9.17) is 9.47 Å². The summed E-state index contributed by atoms with van der Waals surface area (Å²) in [6.07, 6.45) is 0. The van der Waals surface area contributed by atoms with Crippen molar-refractivity contribution in [1.82, 2.24) is 15.0 Å². The van der Waals surface area contributed by atoms with E-state index in [1.165, 1.54) is 43.2 Å². The monoisotopic (exact) mass is 375 g/mol. The Morgan fingerprint density at radius 3 is 2.35 bits per heavy atom. The molecule has 3 rings (SSSR count). The topological polar surface area (TPSA) is 104 Å². The van der Waals surface area contributed by atoms with Gasteiger partial charge in [-0.3, -0.25) is 0 Å². The van der Waals surface area contributed by atoms with Crippen molar-refractivity contribution >= 4 is 9.84 Å². The summed E-state index contributed by atoms with van der Waals surface area (Å²) in [5.74, 6) is 1.04. The predicted octanol–water partition coefficient (Wildman–Crippen LogP) is 2.13. The Bertz CT molecular complexity index is 1040. The van der Waals surface area contributed by atoms with Gasteiger partial charge in [-0.15, -0.1) is 5.10 Å². The fourth-order valence-corrected chi connectivity index (χ4v) is 3.83. The third-order valence-electron chi connectivity index (χ3n) is 3.87. The average Bonchev–Trinajstić information content (AvgIpc) is 3.03. The van der Waals surface area contributed by atoms with E-state index in [2.05, 4.69) is 10.3 Å². The first-order chi connectivity index (χ1) is 12.4. The quantitative estimate of drug-likeness (QED) is 0.728. The molecule has 0 saturated carbocycles. The Labute approximate surface area is 150 Å². The highest BCUT2D eigenvalue weighted by Crippen LogP contribution is 2.30. The number of hydrogen-bond acceptors (Lipinski definition) is 7. The number of phenolic OH excluding ortho intramolecular Hbond substituents is 1. The van der Waals surface area contributed by atoms with Crippen LogP contribution < -0.4 is 9.47 Å². The largest absolute Gasteiger partial charge is 0.508 e. The van der Waals surface area contributed by atoms with Crippen LogP contribution in [0, 0.1) is 6.92 Å². The Morgan fingerprint density at radius 1 is 1.04 bits per heavy atom. The zero-order valence-corrected chi connectivity index (χ0v) is 15.2. The van der Waals surface area contributed by atoms with Crippen LogP contribution in [0.15, 0.2) is 52.4 Å². The highest BCUT2D eigenvalue weighted by molar-refractivity contribution is 7.91. The molecule has 0 aliphatic rings. The van der Waals surface area contributed by atoms with E-state index < -0.39 is 9.84 Å². The van der Waals surface area contributed by atoms with Gasteiger partial charge in [-0.1, -0.05) is 5.21 Å². The SMILES string of the molecule is COc1ccc(OC)c(-n2nnc(S(=O)(=O)c3ccc(O)cc3)c2C)c1. The predicted molar refractivity (Wildman–Crippen MR) is 92.8 cm³/mol. The Hall–Kier alpha value is -3.07. The van der Waals surface area contributed by atoms with Crippen molar-refractivity contribution in [2.45, 2.75) is 16.8 Å². The van der Waals surface area contributed by atoms with E-state index in [1.54, 1.807) is 25.1 Å². The number of nitrogens with zero attached hydrogens (tertiary/aromatic N) is 3. The Morgan fingerprint density at radius 2 is 1.73 bits per heavy atom. The van der Waals surface area contributed by atoms with Crippen molar-refractivity contribution in [3.05, 3.63) is 48.2 Å². The van der Waals surface area contributed by atoms with Crippen LogP contribution in [0.4, 0.5) is 0 Å². The van der Waals surface area contributed by atoms with E-state index in [1.807, 2.05) is 0 Å².